The highest BCUT2D eigenvalue weighted by Gasteiger charge is 2.28. The van der Waals surface area contributed by atoms with E-state index in [2.05, 4.69) is 41.4 Å². The van der Waals surface area contributed by atoms with Crippen LogP contribution < -0.4 is 10.2 Å². The Morgan fingerprint density at radius 2 is 1.90 bits per heavy atom. The first-order chi connectivity index (χ1) is 9.90. The monoisotopic (exact) mass is 272 g/mol. The fourth-order valence-electron chi connectivity index (χ4n) is 3.91. The number of nitrogens with zero attached hydrogens (tertiary/aromatic N) is 1. The molecule has 1 aromatic carbocycles. The number of para-hydroxylation sites is 1. The van der Waals surface area contributed by atoms with Crippen LogP contribution in [0.15, 0.2) is 24.3 Å². The van der Waals surface area contributed by atoms with E-state index < -0.39 is 0 Å². The summed E-state index contributed by atoms with van der Waals surface area (Å²) in [4.78, 5) is 2.72. The van der Waals surface area contributed by atoms with Gasteiger partial charge in [0.2, 0.25) is 0 Å². The van der Waals surface area contributed by atoms with Gasteiger partial charge >= 0.3 is 0 Å². The first kappa shape index (κ1) is 13.9. The van der Waals surface area contributed by atoms with Gasteiger partial charge in [0.25, 0.3) is 0 Å². The van der Waals surface area contributed by atoms with Crippen molar-refractivity contribution in [1.82, 2.24) is 5.32 Å². The molecule has 1 N–H and O–H groups in total. The molecular formula is C18H28N2. The topological polar surface area (TPSA) is 15.3 Å². The number of rotatable bonds is 4. The maximum absolute atomic E-state index is 3.75. The van der Waals surface area contributed by atoms with Crippen LogP contribution in [0.25, 0.3) is 0 Å². The number of benzene rings is 1. The number of fused-ring (bicyclic) bond motifs is 1. The molecule has 1 atom stereocenters. The van der Waals surface area contributed by atoms with Crippen molar-refractivity contribution in [2.75, 3.05) is 18.0 Å². The van der Waals surface area contributed by atoms with E-state index >= 15 is 0 Å². The molecule has 1 aromatic rings. The lowest BCUT2D eigenvalue weighted by Crippen LogP contribution is -2.34. The Morgan fingerprint density at radius 3 is 2.70 bits per heavy atom. The zero-order valence-corrected chi connectivity index (χ0v) is 12.8. The Labute approximate surface area is 123 Å². The van der Waals surface area contributed by atoms with E-state index in [4.69, 9.17) is 0 Å². The minimum absolute atomic E-state index is 0.553. The van der Waals surface area contributed by atoms with Crippen LogP contribution >= 0.6 is 0 Å². The molecule has 0 radical (unpaired) electrons. The quantitative estimate of drug-likeness (QED) is 0.880. The van der Waals surface area contributed by atoms with Crippen molar-refractivity contribution in [3.8, 4) is 0 Å². The Morgan fingerprint density at radius 1 is 1.10 bits per heavy atom. The maximum Gasteiger partial charge on any atom is 0.0417 e. The van der Waals surface area contributed by atoms with Gasteiger partial charge in [0.15, 0.2) is 0 Å². The molecule has 1 fully saturated rings. The highest BCUT2D eigenvalue weighted by molar-refractivity contribution is 5.56. The highest BCUT2D eigenvalue weighted by atomic mass is 15.2. The lowest BCUT2D eigenvalue weighted by Gasteiger charge is -2.31. The second-order valence-corrected chi connectivity index (χ2v) is 6.34. The zero-order chi connectivity index (χ0) is 13.8. The van der Waals surface area contributed by atoms with Gasteiger partial charge < -0.3 is 10.2 Å². The van der Waals surface area contributed by atoms with E-state index in [1.165, 1.54) is 62.7 Å². The molecule has 0 bridgehead atoms. The standard InChI is InChI=1S/C18H28N2/c1-2-13-19-17-11-7-14-20(15-8-3-4-9-15)18-12-6-5-10-16(17)18/h5-6,10,12,15,17,19H,2-4,7-9,11,13-14H2,1H3. The second kappa shape index (κ2) is 6.62. The maximum atomic E-state index is 3.75. The van der Waals surface area contributed by atoms with E-state index in [9.17, 15) is 0 Å². The van der Waals surface area contributed by atoms with Gasteiger partial charge in [0, 0.05) is 24.3 Å². The van der Waals surface area contributed by atoms with Gasteiger partial charge in [-0.1, -0.05) is 38.0 Å². The van der Waals surface area contributed by atoms with Gasteiger partial charge in [-0.15, -0.1) is 0 Å². The van der Waals surface area contributed by atoms with Crippen LogP contribution in [0.5, 0.6) is 0 Å². The van der Waals surface area contributed by atoms with Gasteiger partial charge in [-0.25, -0.2) is 0 Å². The van der Waals surface area contributed by atoms with Gasteiger partial charge in [-0.2, -0.15) is 0 Å². The Bertz CT molecular complexity index is 423. The van der Waals surface area contributed by atoms with Crippen LogP contribution in [-0.4, -0.2) is 19.1 Å². The van der Waals surface area contributed by atoms with Gasteiger partial charge in [0.1, 0.15) is 0 Å². The molecule has 1 aliphatic heterocycles. The molecule has 2 aliphatic rings. The fraction of sp³-hybridized carbons (Fsp3) is 0.667. The van der Waals surface area contributed by atoms with E-state index in [1.807, 2.05) is 0 Å². The second-order valence-electron chi connectivity index (χ2n) is 6.34. The predicted molar refractivity (Wildman–Crippen MR) is 86.3 cm³/mol. The van der Waals surface area contributed by atoms with Crippen LogP contribution in [0.3, 0.4) is 0 Å². The molecule has 2 nitrogen and oxygen atoms in total. The minimum Gasteiger partial charge on any atom is -0.368 e. The van der Waals surface area contributed by atoms with E-state index in [1.54, 1.807) is 0 Å². The summed E-state index contributed by atoms with van der Waals surface area (Å²) in [6, 6.07) is 10.5. The van der Waals surface area contributed by atoms with Crippen molar-refractivity contribution in [1.29, 1.82) is 0 Å². The third-order valence-electron chi connectivity index (χ3n) is 4.92. The predicted octanol–water partition coefficient (Wildman–Crippen LogP) is 4.27. The third-order valence-corrected chi connectivity index (χ3v) is 4.92. The highest BCUT2D eigenvalue weighted by Crippen LogP contribution is 2.37. The molecule has 0 spiro atoms. The Balaban J connectivity index is 1.86. The summed E-state index contributed by atoms with van der Waals surface area (Å²) in [6.07, 6.45) is 9.42. The van der Waals surface area contributed by atoms with Gasteiger partial charge in [-0.05, 0) is 50.3 Å². The molecule has 110 valence electrons. The fourth-order valence-corrected chi connectivity index (χ4v) is 3.91. The van der Waals surface area contributed by atoms with E-state index in [0.29, 0.717) is 6.04 Å². The number of hydrogen-bond donors (Lipinski definition) is 1. The Hall–Kier alpha value is -1.02. The van der Waals surface area contributed by atoms with Crippen molar-refractivity contribution in [2.24, 2.45) is 0 Å². The smallest absolute Gasteiger partial charge is 0.0417 e. The number of hydrogen-bond acceptors (Lipinski definition) is 2. The first-order valence-corrected chi connectivity index (χ1v) is 8.49. The third kappa shape index (κ3) is 2.85. The summed E-state index contributed by atoms with van der Waals surface area (Å²) in [7, 11) is 0. The summed E-state index contributed by atoms with van der Waals surface area (Å²) in [6.45, 7) is 4.62. The normalized spacial score (nSPS) is 23.6. The average molecular weight is 272 g/mol. The Kier molecular flexibility index (Phi) is 4.62. The molecule has 1 aliphatic carbocycles. The first-order valence-electron chi connectivity index (χ1n) is 8.49. The largest absolute Gasteiger partial charge is 0.368 e. The summed E-state index contributed by atoms with van der Waals surface area (Å²) in [5.41, 5.74) is 3.04. The van der Waals surface area contributed by atoms with Crippen molar-refractivity contribution >= 4 is 5.69 Å². The lowest BCUT2D eigenvalue weighted by molar-refractivity contribution is 0.492. The van der Waals surface area contributed by atoms with Crippen molar-refractivity contribution in [3.05, 3.63) is 29.8 Å². The molecular weight excluding hydrogens is 244 g/mol. The molecule has 20 heavy (non-hydrogen) atoms. The van der Waals surface area contributed by atoms with Crippen LogP contribution in [-0.2, 0) is 0 Å². The molecule has 3 rings (SSSR count). The summed E-state index contributed by atoms with van der Waals surface area (Å²) in [5.74, 6) is 0. The molecule has 1 unspecified atom stereocenters. The van der Waals surface area contributed by atoms with Crippen molar-refractivity contribution < 1.29 is 0 Å². The van der Waals surface area contributed by atoms with Gasteiger partial charge in [-0.3, -0.25) is 0 Å². The van der Waals surface area contributed by atoms with E-state index in [-0.39, 0.29) is 0 Å². The zero-order valence-electron chi connectivity index (χ0n) is 12.8. The number of anilines is 1. The SMILES string of the molecule is CCCNC1CCCN(C2CCCC2)c2ccccc21. The average Bonchev–Trinajstić information content (AvgIpc) is 2.95. The van der Waals surface area contributed by atoms with Crippen LogP contribution in [0.2, 0.25) is 0 Å². The summed E-state index contributed by atoms with van der Waals surface area (Å²) in [5, 5.41) is 3.75. The molecule has 0 amide bonds. The van der Waals surface area contributed by atoms with E-state index in [0.717, 1.165) is 12.6 Å². The van der Waals surface area contributed by atoms with Gasteiger partial charge in [0.05, 0.1) is 0 Å². The van der Waals surface area contributed by atoms with Crippen LogP contribution in [0.4, 0.5) is 5.69 Å². The molecule has 1 saturated carbocycles. The molecule has 2 heteroatoms. The molecule has 1 heterocycles. The van der Waals surface area contributed by atoms with Crippen molar-refractivity contribution in [2.45, 2.75) is 64.0 Å². The molecule has 0 aromatic heterocycles. The minimum atomic E-state index is 0.553. The molecule has 0 saturated heterocycles. The van der Waals surface area contributed by atoms with Crippen LogP contribution in [0, 0.1) is 0 Å². The lowest BCUT2D eigenvalue weighted by atomic mass is 10.0. The van der Waals surface area contributed by atoms with Crippen LogP contribution in [0.1, 0.15) is 63.5 Å². The summed E-state index contributed by atoms with van der Waals surface area (Å²) >= 11 is 0. The summed E-state index contributed by atoms with van der Waals surface area (Å²) < 4.78 is 0. The van der Waals surface area contributed by atoms with Crippen molar-refractivity contribution in [3.63, 3.8) is 0 Å². The number of nitrogens with one attached hydrogen (secondary N) is 1.